The van der Waals surface area contributed by atoms with Gasteiger partial charge in [0.05, 0.1) is 27.0 Å². The maximum atomic E-state index is 5.74. The summed E-state index contributed by atoms with van der Waals surface area (Å²) in [6, 6.07) is 5.38. The van der Waals surface area contributed by atoms with Crippen LogP contribution in [0.15, 0.2) is 24.5 Å². The van der Waals surface area contributed by atoms with E-state index in [0.29, 0.717) is 28.8 Å². The highest BCUT2D eigenvalue weighted by Gasteiger charge is 2.12. The van der Waals surface area contributed by atoms with Gasteiger partial charge < -0.3 is 25.3 Å². The van der Waals surface area contributed by atoms with E-state index in [-0.39, 0.29) is 5.82 Å². The van der Waals surface area contributed by atoms with E-state index in [1.165, 1.54) is 13.4 Å². The Bertz CT molecular complexity index is 604. The summed E-state index contributed by atoms with van der Waals surface area (Å²) in [5, 5.41) is 3.10. The van der Waals surface area contributed by atoms with Crippen molar-refractivity contribution in [3.8, 4) is 17.2 Å². The predicted octanol–water partition coefficient (Wildman–Crippen LogP) is 1.83. The van der Waals surface area contributed by atoms with Crippen LogP contribution < -0.4 is 25.3 Å². The molecule has 2 rings (SSSR count). The zero-order valence-electron chi connectivity index (χ0n) is 11.5. The van der Waals surface area contributed by atoms with E-state index in [0.717, 1.165) is 0 Å². The Balaban J connectivity index is 2.41. The van der Waals surface area contributed by atoms with Gasteiger partial charge in [0, 0.05) is 6.07 Å². The van der Waals surface area contributed by atoms with Crippen LogP contribution in [-0.2, 0) is 0 Å². The second kappa shape index (κ2) is 5.96. The Morgan fingerprint density at radius 1 is 1.05 bits per heavy atom. The topological polar surface area (TPSA) is 91.5 Å². The maximum Gasteiger partial charge on any atom is 0.204 e. The predicted molar refractivity (Wildman–Crippen MR) is 75.8 cm³/mol. The lowest BCUT2D eigenvalue weighted by molar-refractivity contribution is 0.404. The number of hydrogen-bond acceptors (Lipinski definition) is 7. The van der Waals surface area contributed by atoms with Crippen molar-refractivity contribution >= 4 is 17.3 Å². The molecular weight excluding hydrogens is 260 g/mol. The molecule has 7 heteroatoms. The number of nitrogens with zero attached hydrogens (tertiary/aromatic N) is 2. The lowest BCUT2D eigenvalue weighted by Gasteiger charge is -2.14. The molecule has 0 aliphatic rings. The molecule has 1 aromatic carbocycles. The van der Waals surface area contributed by atoms with E-state index in [2.05, 4.69) is 15.3 Å². The number of nitrogens with two attached hydrogens (primary N) is 1. The van der Waals surface area contributed by atoms with Crippen molar-refractivity contribution in [3.63, 3.8) is 0 Å². The highest BCUT2D eigenvalue weighted by molar-refractivity contribution is 5.72. The first kappa shape index (κ1) is 13.7. The third-order valence-corrected chi connectivity index (χ3v) is 2.70. The average Bonchev–Trinajstić information content (AvgIpc) is 2.47. The number of anilines is 3. The molecule has 1 heterocycles. The molecule has 20 heavy (non-hydrogen) atoms. The summed E-state index contributed by atoms with van der Waals surface area (Å²) in [5.41, 5.74) is 6.42. The number of ether oxygens (including phenoxy) is 3. The van der Waals surface area contributed by atoms with Crippen LogP contribution in [0.2, 0.25) is 0 Å². The minimum atomic E-state index is 0.256. The SMILES string of the molecule is COc1ccc(OC)c(Nc2ncnc(N)c2OC)c1. The minimum Gasteiger partial charge on any atom is -0.497 e. The standard InChI is InChI=1S/C13H16N4O3/c1-18-8-4-5-10(19-2)9(6-8)17-13-11(20-3)12(14)15-7-16-13/h4-7H,1-3H3,(H3,14,15,16,17). The van der Waals surface area contributed by atoms with Gasteiger partial charge in [-0.05, 0) is 12.1 Å². The van der Waals surface area contributed by atoms with Gasteiger partial charge in [-0.15, -0.1) is 0 Å². The summed E-state index contributed by atoms with van der Waals surface area (Å²) in [4.78, 5) is 7.99. The van der Waals surface area contributed by atoms with E-state index in [9.17, 15) is 0 Å². The molecule has 0 saturated carbocycles. The van der Waals surface area contributed by atoms with Crippen molar-refractivity contribution in [2.45, 2.75) is 0 Å². The van der Waals surface area contributed by atoms with Crippen molar-refractivity contribution in [1.29, 1.82) is 0 Å². The normalized spacial score (nSPS) is 9.95. The van der Waals surface area contributed by atoms with Crippen molar-refractivity contribution in [3.05, 3.63) is 24.5 Å². The molecule has 1 aromatic heterocycles. The first-order valence-corrected chi connectivity index (χ1v) is 5.83. The van der Waals surface area contributed by atoms with Crippen molar-refractivity contribution < 1.29 is 14.2 Å². The summed E-state index contributed by atoms with van der Waals surface area (Å²) in [7, 11) is 4.68. The van der Waals surface area contributed by atoms with Gasteiger partial charge in [-0.2, -0.15) is 0 Å². The molecule has 0 aliphatic carbocycles. The lowest BCUT2D eigenvalue weighted by atomic mass is 10.2. The van der Waals surface area contributed by atoms with Gasteiger partial charge >= 0.3 is 0 Å². The van der Waals surface area contributed by atoms with E-state index in [1.54, 1.807) is 32.4 Å². The van der Waals surface area contributed by atoms with Crippen LogP contribution in [0.25, 0.3) is 0 Å². The van der Waals surface area contributed by atoms with Gasteiger partial charge in [-0.1, -0.05) is 0 Å². The van der Waals surface area contributed by atoms with Crippen LogP contribution >= 0.6 is 0 Å². The molecule has 0 amide bonds. The lowest BCUT2D eigenvalue weighted by Crippen LogP contribution is -2.03. The second-order valence-electron chi connectivity index (χ2n) is 3.83. The van der Waals surface area contributed by atoms with Crippen molar-refractivity contribution in [1.82, 2.24) is 9.97 Å². The maximum absolute atomic E-state index is 5.74. The van der Waals surface area contributed by atoms with Gasteiger partial charge in [-0.3, -0.25) is 0 Å². The van der Waals surface area contributed by atoms with Crippen LogP contribution in [-0.4, -0.2) is 31.3 Å². The van der Waals surface area contributed by atoms with Crippen LogP contribution in [0.3, 0.4) is 0 Å². The molecule has 0 aliphatic heterocycles. The zero-order chi connectivity index (χ0) is 14.5. The third-order valence-electron chi connectivity index (χ3n) is 2.70. The fourth-order valence-electron chi connectivity index (χ4n) is 1.72. The highest BCUT2D eigenvalue weighted by Crippen LogP contribution is 2.35. The number of rotatable bonds is 5. The van der Waals surface area contributed by atoms with Crippen LogP contribution in [0.4, 0.5) is 17.3 Å². The molecule has 0 atom stereocenters. The molecule has 0 radical (unpaired) electrons. The van der Waals surface area contributed by atoms with Crippen LogP contribution in [0, 0.1) is 0 Å². The van der Waals surface area contributed by atoms with Crippen LogP contribution in [0.5, 0.6) is 17.2 Å². The summed E-state index contributed by atoms with van der Waals surface area (Å²) < 4.78 is 15.7. The number of nitrogens with one attached hydrogen (secondary N) is 1. The molecule has 2 aromatic rings. The number of methoxy groups -OCH3 is 3. The van der Waals surface area contributed by atoms with Crippen molar-refractivity contribution in [2.24, 2.45) is 0 Å². The molecule has 3 N–H and O–H groups in total. The fourth-order valence-corrected chi connectivity index (χ4v) is 1.72. The number of aromatic nitrogens is 2. The Morgan fingerprint density at radius 2 is 1.85 bits per heavy atom. The second-order valence-corrected chi connectivity index (χ2v) is 3.83. The number of benzene rings is 1. The summed E-state index contributed by atoms with van der Waals surface area (Å²) >= 11 is 0. The monoisotopic (exact) mass is 276 g/mol. The van der Waals surface area contributed by atoms with Gasteiger partial charge in [0.15, 0.2) is 11.6 Å². The van der Waals surface area contributed by atoms with E-state index in [4.69, 9.17) is 19.9 Å². The quantitative estimate of drug-likeness (QED) is 0.860. The van der Waals surface area contributed by atoms with E-state index in [1.807, 2.05) is 0 Å². The molecule has 106 valence electrons. The molecule has 0 unspecified atom stereocenters. The first-order chi connectivity index (χ1) is 9.69. The molecule has 0 spiro atoms. The van der Waals surface area contributed by atoms with Gasteiger partial charge in [0.1, 0.15) is 17.8 Å². The smallest absolute Gasteiger partial charge is 0.204 e. The van der Waals surface area contributed by atoms with Gasteiger partial charge in [0.2, 0.25) is 5.75 Å². The molecule has 7 nitrogen and oxygen atoms in total. The van der Waals surface area contributed by atoms with E-state index < -0.39 is 0 Å². The summed E-state index contributed by atoms with van der Waals surface area (Å²) in [5.74, 6) is 2.41. The first-order valence-electron chi connectivity index (χ1n) is 5.83. The van der Waals surface area contributed by atoms with Crippen LogP contribution in [0.1, 0.15) is 0 Å². The number of nitrogen functional groups attached to an aromatic ring is 1. The average molecular weight is 276 g/mol. The Labute approximate surface area is 116 Å². The number of hydrogen-bond donors (Lipinski definition) is 2. The Kier molecular flexibility index (Phi) is 4.09. The largest absolute Gasteiger partial charge is 0.497 e. The molecule has 0 fully saturated rings. The Hall–Kier alpha value is -2.70. The molecular formula is C13H16N4O3. The van der Waals surface area contributed by atoms with Gasteiger partial charge in [-0.25, -0.2) is 9.97 Å². The molecule has 0 bridgehead atoms. The Morgan fingerprint density at radius 3 is 2.50 bits per heavy atom. The zero-order valence-corrected chi connectivity index (χ0v) is 11.5. The van der Waals surface area contributed by atoms with E-state index >= 15 is 0 Å². The minimum absolute atomic E-state index is 0.256. The highest BCUT2D eigenvalue weighted by atomic mass is 16.5. The third kappa shape index (κ3) is 2.66. The fraction of sp³-hybridized carbons (Fsp3) is 0.231. The van der Waals surface area contributed by atoms with Crippen molar-refractivity contribution in [2.75, 3.05) is 32.4 Å². The molecule has 0 saturated heterocycles. The summed E-state index contributed by atoms with van der Waals surface area (Å²) in [6.45, 7) is 0. The van der Waals surface area contributed by atoms with Gasteiger partial charge in [0.25, 0.3) is 0 Å². The summed E-state index contributed by atoms with van der Waals surface area (Å²) in [6.07, 6.45) is 1.35.